The van der Waals surface area contributed by atoms with Gasteiger partial charge in [0.1, 0.15) is 0 Å². The van der Waals surface area contributed by atoms with Gasteiger partial charge in [0.05, 0.1) is 0 Å². The Labute approximate surface area is 96.5 Å². The Morgan fingerprint density at radius 2 is 1.87 bits per heavy atom. The fraction of sp³-hybridized carbons (Fsp3) is 1.00. The zero-order valence-corrected chi connectivity index (χ0v) is 11.8. The average Bonchev–Trinajstić information content (AvgIpc) is 2.73. The Hall–Kier alpha value is 0.350. The minimum atomic E-state index is -0.415. The van der Waals surface area contributed by atoms with Gasteiger partial charge in [0, 0.05) is 0 Å². The van der Waals surface area contributed by atoms with Crippen molar-refractivity contribution < 1.29 is 0 Å². The number of hydrogen-bond acceptors (Lipinski definition) is 0. The number of hydrogen-bond donors (Lipinski definition) is 0. The van der Waals surface area contributed by atoms with Crippen molar-refractivity contribution in [2.24, 2.45) is 17.3 Å². The largest absolute Gasteiger partial charge is 0.239 e. The summed E-state index contributed by atoms with van der Waals surface area (Å²) in [5.74, 6) is 2.31. The van der Waals surface area contributed by atoms with Crippen molar-refractivity contribution >= 4 is 10.0 Å². The van der Waals surface area contributed by atoms with E-state index in [0.717, 1.165) is 22.5 Å². The molecule has 1 heteroatoms. The highest BCUT2D eigenvalue weighted by Crippen LogP contribution is 2.82. The van der Waals surface area contributed by atoms with Crippen LogP contribution in [0, 0.1) is 17.3 Å². The van der Waals surface area contributed by atoms with Gasteiger partial charge in [-0.1, -0.05) is 20.8 Å². The van der Waals surface area contributed by atoms with Crippen LogP contribution < -0.4 is 0 Å². The van der Waals surface area contributed by atoms with Crippen LogP contribution in [0.4, 0.5) is 0 Å². The lowest BCUT2D eigenvalue weighted by atomic mass is 9.71. The van der Waals surface area contributed by atoms with E-state index in [-0.39, 0.29) is 0 Å². The van der Waals surface area contributed by atoms with Gasteiger partial charge in [0.2, 0.25) is 0 Å². The maximum absolute atomic E-state index is 2.61. The van der Waals surface area contributed by atoms with Crippen molar-refractivity contribution in [1.29, 1.82) is 0 Å². The van der Waals surface area contributed by atoms with Crippen molar-refractivity contribution in [3.05, 3.63) is 0 Å². The second-order valence-corrected chi connectivity index (χ2v) is 12.2. The van der Waals surface area contributed by atoms with Crippen molar-refractivity contribution in [1.82, 2.24) is 0 Å². The standard InChI is InChI=1S/C14H26S/c1-13(2,3)15(4,5)12-8-10-6-7-14(10)9-11(12)14/h10-12H,6-9H2,1-5H3. The van der Waals surface area contributed by atoms with E-state index in [2.05, 4.69) is 33.3 Å². The molecule has 0 saturated heterocycles. The first-order valence-electron chi connectivity index (χ1n) is 6.51. The van der Waals surface area contributed by atoms with Crippen LogP contribution in [0.1, 0.15) is 46.5 Å². The molecule has 0 aromatic heterocycles. The molecule has 3 rings (SSSR count). The van der Waals surface area contributed by atoms with Crippen LogP contribution in [0.5, 0.6) is 0 Å². The molecular formula is C14H26S. The molecule has 0 aromatic rings. The van der Waals surface area contributed by atoms with E-state index >= 15 is 0 Å². The summed E-state index contributed by atoms with van der Waals surface area (Å²) in [5, 5.41) is 1.10. The predicted octanol–water partition coefficient (Wildman–Crippen LogP) is 4.04. The third-order valence-corrected chi connectivity index (χ3v) is 11.4. The molecule has 0 nitrogen and oxygen atoms in total. The van der Waals surface area contributed by atoms with E-state index < -0.39 is 10.0 Å². The smallest absolute Gasteiger partial charge is 0.00754 e. The molecule has 3 fully saturated rings. The molecule has 3 aliphatic carbocycles. The van der Waals surface area contributed by atoms with E-state index in [9.17, 15) is 0 Å². The van der Waals surface area contributed by atoms with Gasteiger partial charge in [0.15, 0.2) is 0 Å². The highest BCUT2D eigenvalue weighted by Gasteiger charge is 2.72. The normalized spacial score (nSPS) is 49.3. The van der Waals surface area contributed by atoms with E-state index in [1.165, 1.54) is 0 Å². The van der Waals surface area contributed by atoms with Gasteiger partial charge in [-0.05, 0) is 65.4 Å². The molecule has 0 aromatic carbocycles. The minimum absolute atomic E-state index is 0.415. The van der Waals surface area contributed by atoms with Crippen LogP contribution >= 0.6 is 10.0 Å². The molecule has 0 bridgehead atoms. The van der Waals surface area contributed by atoms with Gasteiger partial charge in [0.25, 0.3) is 0 Å². The molecule has 0 amide bonds. The van der Waals surface area contributed by atoms with Crippen LogP contribution in [0.2, 0.25) is 0 Å². The first-order chi connectivity index (χ1) is 6.79. The minimum Gasteiger partial charge on any atom is -0.239 e. The summed E-state index contributed by atoms with van der Waals surface area (Å²) in [6.07, 6.45) is 11.5. The highest BCUT2D eigenvalue weighted by atomic mass is 32.3. The highest BCUT2D eigenvalue weighted by molar-refractivity contribution is 8.34. The fourth-order valence-corrected chi connectivity index (χ4v) is 7.04. The molecule has 3 saturated carbocycles. The van der Waals surface area contributed by atoms with Crippen LogP contribution in [0.3, 0.4) is 0 Å². The summed E-state index contributed by atoms with van der Waals surface area (Å²) in [5.41, 5.74) is 0.917. The van der Waals surface area contributed by atoms with Crippen molar-refractivity contribution in [3.63, 3.8) is 0 Å². The van der Waals surface area contributed by atoms with Gasteiger partial charge in [-0.25, -0.2) is 10.0 Å². The van der Waals surface area contributed by atoms with Crippen molar-refractivity contribution in [2.45, 2.75) is 56.5 Å². The number of rotatable bonds is 1. The molecule has 0 heterocycles. The average molecular weight is 226 g/mol. The van der Waals surface area contributed by atoms with Crippen LogP contribution in [-0.2, 0) is 0 Å². The maximum atomic E-state index is 2.61. The molecule has 0 N–H and O–H groups in total. The molecule has 0 radical (unpaired) electrons. The Kier molecular flexibility index (Phi) is 1.82. The van der Waals surface area contributed by atoms with Gasteiger partial charge in [-0.2, -0.15) is 0 Å². The molecule has 88 valence electrons. The van der Waals surface area contributed by atoms with Crippen molar-refractivity contribution in [2.75, 3.05) is 12.5 Å². The van der Waals surface area contributed by atoms with Gasteiger partial charge < -0.3 is 0 Å². The van der Waals surface area contributed by atoms with E-state index in [1.54, 1.807) is 25.7 Å². The summed E-state index contributed by atoms with van der Waals surface area (Å²) >= 11 is 0. The van der Waals surface area contributed by atoms with E-state index in [0.29, 0.717) is 4.75 Å². The summed E-state index contributed by atoms with van der Waals surface area (Å²) in [6, 6.07) is 0. The Morgan fingerprint density at radius 1 is 1.20 bits per heavy atom. The van der Waals surface area contributed by atoms with Crippen LogP contribution in [0.25, 0.3) is 0 Å². The molecule has 15 heavy (non-hydrogen) atoms. The maximum Gasteiger partial charge on any atom is -0.00754 e. The first kappa shape index (κ1) is 10.5. The summed E-state index contributed by atoms with van der Waals surface area (Å²) in [4.78, 5) is 0. The van der Waals surface area contributed by atoms with E-state index in [1.807, 2.05) is 0 Å². The lowest BCUT2D eigenvalue weighted by Crippen LogP contribution is -2.32. The lowest BCUT2D eigenvalue weighted by molar-refractivity contribution is 0.165. The van der Waals surface area contributed by atoms with E-state index in [4.69, 9.17) is 0 Å². The summed E-state index contributed by atoms with van der Waals surface area (Å²) in [6.45, 7) is 7.41. The van der Waals surface area contributed by atoms with Gasteiger partial charge in [-0.15, -0.1) is 0 Å². The van der Waals surface area contributed by atoms with Gasteiger partial charge >= 0.3 is 0 Å². The van der Waals surface area contributed by atoms with Crippen LogP contribution in [-0.4, -0.2) is 22.5 Å². The Bertz CT molecular complexity index is 299. The molecule has 3 aliphatic rings. The molecule has 0 aliphatic heterocycles. The zero-order valence-electron chi connectivity index (χ0n) is 11.0. The Morgan fingerprint density at radius 3 is 2.13 bits per heavy atom. The third-order valence-electron chi connectivity index (χ3n) is 6.25. The third kappa shape index (κ3) is 1.11. The summed E-state index contributed by atoms with van der Waals surface area (Å²) < 4.78 is 0.547. The fourth-order valence-electron chi connectivity index (χ4n) is 4.23. The van der Waals surface area contributed by atoms with Crippen molar-refractivity contribution in [3.8, 4) is 0 Å². The van der Waals surface area contributed by atoms with Crippen LogP contribution in [0.15, 0.2) is 0 Å². The first-order valence-corrected chi connectivity index (χ1v) is 9.02. The second kappa shape index (κ2) is 2.60. The van der Waals surface area contributed by atoms with Gasteiger partial charge in [-0.3, -0.25) is 0 Å². The summed E-state index contributed by atoms with van der Waals surface area (Å²) in [7, 11) is -0.415. The predicted molar refractivity (Wildman–Crippen MR) is 70.9 cm³/mol. The quantitative estimate of drug-likeness (QED) is 0.633. The second-order valence-electron chi connectivity index (χ2n) is 7.57. The topological polar surface area (TPSA) is 0 Å². The Balaban J connectivity index is 1.85. The lowest BCUT2D eigenvalue weighted by Gasteiger charge is -2.50. The monoisotopic (exact) mass is 226 g/mol. The molecule has 1 spiro atoms. The molecule has 4 unspecified atom stereocenters. The zero-order chi connectivity index (χ0) is 11.1. The molecule has 4 atom stereocenters. The molecular weight excluding hydrogens is 200 g/mol. The SMILES string of the molecule is CC(C)(C)S(C)(C)C1CC2CCC23CC13.